The summed E-state index contributed by atoms with van der Waals surface area (Å²) in [6.07, 6.45) is 2.46. The number of hydrogen-bond acceptors (Lipinski definition) is 6. The number of rotatable bonds is 5. The van der Waals surface area contributed by atoms with E-state index in [2.05, 4.69) is 0 Å². The normalized spacial score (nSPS) is 18.2. The molecule has 0 unspecified atom stereocenters. The molecule has 3 rings (SSSR count). The van der Waals surface area contributed by atoms with Crippen molar-refractivity contribution in [1.29, 1.82) is 0 Å². The molecule has 0 aliphatic carbocycles. The Labute approximate surface area is 152 Å². The molecule has 2 aliphatic heterocycles. The number of fused-ring (bicyclic) bond motifs is 1. The van der Waals surface area contributed by atoms with Crippen LogP contribution in [-0.2, 0) is 14.8 Å². The third-order valence-corrected chi connectivity index (χ3v) is 6.77. The molecular formula is C16H22N2O5S2. The summed E-state index contributed by atoms with van der Waals surface area (Å²) in [5.41, 5.74) is 0. The van der Waals surface area contributed by atoms with Gasteiger partial charge < -0.3 is 14.4 Å². The van der Waals surface area contributed by atoms with Crippen LogP contribution in [0.4, 0.5) is 0 Å². The maximum atomic E-state index is 12.8. The highest BCUT2D eigenvalue weighted by Gasteiger charge is 2.30. The van der Waals surface area contributed by atoms with Crippen LogP contribution in [-0.4, -0.2) is 74.9 Å². The third kappa shape index (κ3) is 4.04. The van der Waals surface area contributed by atoms with E-state index >= 15 is 0 Å². The average molecular weight is 386 g/mol. The van der Waals surface area contributed by atoms with E-state index in [0.717, 1.165) is 5.75 Å². The Morgan fingerprint density at radius 1 is 1.12 bits per heavy atom. The fourth-order valence-electron chi connectivity index (χ4n) is 2.86. The summed E-state index contributed by atoms with van der Waals surface area (Å²) in [6.45, 7) is 2.34. The maximum absolute atomic E-state index is 12.8. The van der Waals surface area contributed by atoms with Gasteiger partial charge in [0.2, 0.25) is 15.9 Å². The van der Waals surface area contributed by atoms with Crippen molar-refractivity contribution in [2.75, 3.05) is 51.4 Å². The second-order valence-electron chi connectivity index (χ2n) is 5.83. The molecule has 1 aromatic carbocycles. The molecule has 0 radical (unpaired) electrons. The standard InChI is InChI=1S/C16H22N2O5S2/c1-24-11-4-16(19)17-5-7-18(8-6-17)25(20,21)13-2-3-14-15(12-13)23-10-9-22-14/h2-3,12H,4-11H2,1H3. The highest BCUT2D eigenvalue weighted by molar-refractivity contribution is 7.98. The molecule has 2 aliphatic rings. The van der Waals surface area contributed by atoms with Crippen molar-refractivity contribution in [2.45, 2.75) is 11.3 Å². The molecule has 2 heterocycles. The highest BCUT2D eigenvalue weighted by Crippen LogP contribution is 2.33. The number of carbonyl (C=O) groups is 1. The number of sulfonamides is 1. The fraction of sp³-hybridized carbons (Fsp3) is 0.562. The monoisotopic (exact) mass is 386 g/mol. The highest BCUT2D eigenvalue weighted by atomic mass is 32.2. The Hall–Kier alpha value is -1.45. The van der Waals surface area contributed by atoms with Gasteiger partial charge in [-0.3, -0.25) is 4.79 Å². The van der Waals surface area contributed by atoms with Gasteiger partial charge in [0.15, 0.2) is 11.5 Å². The molecule has 0 atom stereocenters. The fourth-order valence-corrected chi connectivity index (χ4v) is 4.68. The smallest absolute Gasteiger partial charge is 0.243 e. The Morgan fingerprint density at radius 3 is 2.48 bits per heavy atom. The van der Waals surface area contributed by atoms with Crippen molar-refractivity contribution >= 4 is 27.7 Å². The summed E-state index contributed by atoms with van der Waals surface area (Å²) >= 11 is 1.63. The van der Waals surface area contributed by atoms with Gasteiger partial charge in [-0.25, -0.2) is 8.42 Å². The van der Waals surface area contributed by atoms with Crippen LogP contribution >= 0.6 is 11.8 Å². The molecule has 0 aromatic heterocycles. The first kappa shape index (κ1) is 18.3. The molecule has 7 nitrogen and oxygen atoms in total. The molecule has 1 aromatic rings. The molecule has 0 saturated carbocycles. The number of thioether (sulfide) groups is 1. The van der Waals surface area contributed by atoms with E-state index in [1.54, 1.807) is 28.8 Å². The van der Waals surface area contributed by atoms with Crippen LogP contribution in [0.1, 0.15) is 6.42 Å². The van der Waals surface area contributed by atoms with Gasteiger partial charge in [-0.05, 0) is 18.4 Å². The zero-order valence-corrected chi connectivity index (χ0v) is 15.8. The number of nitrogens with zero attached hydrogens (tertiary/aromatic N) is 2. The second-order valence-corrected chi connectivity index (χ2v) is 8.76. The molecule has 9 heteroatoms. The SMILES string of the molecule is CSCCC(=O)N1CCN(S(=O)(=O)c2ccc3c(c2)OCCO3)CC1. The third-order valence-electron chi connectivity index (χ3n) is 4.26. The van der Waals surface area contributed by atoms with E-state index in [4.69, 9.17) is 9.47 Å². The number of ether oxygens (including phenoxy) is 2. The van der Waals surface area contributed by atoms with Gasteiger partial charge in [0, 0.05) is 44.4 Å². The van der Waals surface area contributed by atoms with Gasteiger partial charge in [-0.2, -0.15) is 16.1 Å². The van der Waals surface area contributed by atoms with Crippen molar-refractivity contribution < 1.29 is 22.7 Å². The van der Waals surface area contributed by atoms with E-state index in [-0.39, 0.29) is 10.8 Å². The lowest BCUT2D eigenvalue weighted by atomic mass is 10.3. The lowest BCUT2D eigenvalue weighted by molar-refractivity contribution is -0.131. The Morgan fingerprint density at radius 2 is 1.80 bits per heavy atom. The summed E-state index contributed by atoms with van der Waals surface area (Å²) in [5.74, 6) is 1.90. The van der Waals surface area contributed by atoms with Gasteiger partial charge >= 0.3 is 0 Å². The lowest BCUT2D eigenvalue weighted by Crippen LogP contribution is -2.50. The van der Waals surface area contributed by atoms with E-state index in [9.17, 15) is 13.2 Å². The first-order valence-electron chi connectivity index (χ1n) is 8.19. The summed E-state index contributed by atoms with van der Waals surface area (Å²) < 4.78 is 38.0. The number of carbonyl (C=O) groups excluding carboxylic acids is 1. The van der Waals surface area contributed by atoms with Crippen LogP contribution in [0.3, 0.4) is 0 Å². The van der Waals surface area contributed by atoms with E-state index < -0.39 is 10.0 Å². The van der Waals surface area contributed by atoms with Crippen molar-refractivity contribution in [2.24, 2.45) is 0 Å². The predicted molar refractivity (Wildman–Crippen MR) is 95.8 cm³/mol. The maximum Gasteiger partial charge on any atom is 0.243 e. The van der Waals surface area contributed by atoms with Gasteiger partial charge in [0.05, 0.1) is 4.90 Å². The molecule has 1 saturated heterocycles. The summed E-state index contributed by atoms with van der Waals surface area (Å²) in [6, 6.07) is 4.68. The molecule has 138 valence electrons. The molecular weight excluding hydrogens is 364 g/mol. The minimum atomic E-state index is -3.61. The van der Waals surface area contributed by atoms with E-state index in [0.29, 0.717) is 57.3 Å². The van der Waals surface area contributed by atoms with Gasteiger partial charge in [0.1, 0.15) is 13.2 Å². The van der Waals surface area contributed by atoms with Gasteiger partial charge in [0.25, 0.3) is 0 Å². The zero-order valence-electron chi connectivity index (χ0n) is 14.1. The Balaban J connectivity index is 1.67. The number of hydrogen-bond donors (Lipinski definition) is 0. The van der Waals surface area contributed by atoms with E-state index in [1.807, 2.05) is 6.26 Å². The topological polar surface area (TPSA) is 76.2 Å². The molecule has 0 bridgehead atoms. The molecule has 25 heavy (non-hydrogen) atoms. The van der Waals surface area contributed by atoms with Gasteiger partial charge in [-0.1, -0.05) is 0 Å². The largest absolute Gasteiger partial charge is 0.486 e. The second kappa shape index (κ2) is 7.84. The molecule has 1 amide bonds. The Bertz CT molecular complexity index is 730. The van der Waals surface area contributed by atoms with Crippen LogP contribution < -0.4 is 9.47 Å². The zero-order chi connectivity index (χ0) is 17.9. The van der Waals surface area contributed by atoms with Crippen molar-refractivity contribution in [3.05, 3.63) is 18.2 Å². The Kier molecular flexibility index (Phi) is 5.75. The van der Waals surface area contributed by atoms with Gasteiger partial charge in [-0.15, -0.1) is 0 Å². The summed E-state index contributed by atoms with van der Waals surface area (Å²) in [4.78, 5) is 14.0. The molecule has 0 spiro atoms. The predicted octanol–water partition coefficient (Wildman–Crippen LogP) is 1.04. The van der Waals surface area contributed by atoms with Crippen molar-refractivity contribution in [3.8, 4) is 11.5 Å². The van der Waals surface area contributed by atoms with Crippen LogP contribution in [0.2, 0.25) is 0 Å². The number of benzene rings is 1. The van der Waals surface area contributed by atoms with Crippen LogP contribution in [0.5, 0.6) is 11.5 Å². The number of piperazine rings is 1. The van der Waals surface area contributed by atoms with Crippen LogP contribution in [0.25, 0.3) is 0 Å². The summed E-state index contributed by atoms with van der Waals surface area (Å²) in [7, 11) is -3.61. The van der Waals surface area contributed by atoms with Crippen LogP contribution in [0.15, 0.2) is 23.1 Å². The molecule has 0 N–H and O–H groups in total. The van der Waals surface area contributed by atoms with E-state index in [1.165, 1.54) is 10.4 Å². The quantitative estimate of drug-likeness (QED) is 0.753. The average Bonchev–Trinajstić information content (AvgIpc) is 2.65. The van der Waals surface area contributed by atoms with Crippen molar-refractivity contribution in [3.63, 3.8) is 0 Å². The minimum Gasteiger partial charge on any atom is -0.486 e. The van der Waals surface area contributed by atoms with Crippen molar-refractivity contribution in [1.82, 2.24) is 9.21 Å². The van der Waals surface area contributed by atoms with Crippen LogP contribution in [0, 0.1) is 0 Å². The summed E-state index contributed by atoms with van der Waals surface area (Å²) in [5, 5.41) is 0. The number of amides is 1. The molecule has 1 fully saturated rings. The lowest BCUT2D eigenvalue weighted by Gasteiger charge is -2.34. The first-order chi connectivity index (χ1) is 12.0. The first-order valence-corrected chi connectivity index (χ1v) is 11.0. The minimum absolute atomic E-state index is 0.0886.